The molecule has 0 spiro atoms. The van der Waals surface area contributed by atoms with E-state index in [1.165, 1.54) is 21.4 Å². The molecule has 1 saturated heterocycles. The highest BCUT2D eigenvalue weighted by Crippen LogP contribution is 2.32. The Morgan fingerprint density at radius 2 is 1.68 bits per heavy atom. The molecule has 0 aliphatic carbocycles. The maximum Gasteiger partial charge on any atom is 0.324 e. The van der Waals surface area contributed by atoms with Gasteiger partial charge in [0.1, 0.15) is 11.8 Å². The lowest BCUT2D eigenvalue weighted by atomic mass is 10.0. The number of hydrazine groups is 1. The Labute approximate surface area is 234 Å². The second-order valence-electron chi connectivity index (χ2n) is 9.73. The van der Waals surface area contributed by atoms with Crippen LogP contribution in [0.3, 0.4) is 0 Å². The first-order chi connectivity index (χ1) is 19.3. The molecule has 208 valence electrons. The van der Waals surface area contributed by atoms with Gasteiger partial charge in [0.15, 0.2) is 6.61 Å². The average molecular weight is 562 g/mol. The SMILES string of the molecule is COc1ccc([C@H]2C=C(c3ccccc3)NN2C(=O)COC(=O)[C@H]2CCCN2S(=O)(=O)c2ccc(C)cc2)cc1. The summed E-state index contributed by atoms with van der Waals surface area (Å²) in [7, 11) is -2.30. The van der Waals surface area contributed by atoms with Crippen LogP contribution >= 0.6 is 0 Å². The number of hydrogen-bond acceptors (Lipinski definition) is 7. The first-order valence-electron chi connectivity index (χ1n) is 13.0. The molecule has 2 heterocycles. The number of esters is 1. The van der Waals surface area contributed by atoms with Crippen LogP contribution < -0.4 is 10.2 Å². The number of benzene rings is 3. The van der Waals surface area contributed by atoms with E-state index in [0.717, 1.165) is 22.4 Å². The van der Waals surface area contributed by atoms with Crippen LogP contribution in [0.5, 0.6) is 5.75 Å². The van der Waals surface area contributed by atoms with E-state index < -0.39 is 40.6 Å². The Kier molecular flexibility index (Phi) is 7.90. The molecule has 2 atom stereocenters. The third kappa shape index (κ3) is 5.59. The molecule has 3 aromatic rings. The standard InChI is InChI=1S/C30H31N3O6S/c1-21-10-16-25(17-11-21)40(36,37)32-18-6-9-27(32)30(35)39-20-29(34)33-28(23-12-14-24(38-2)15-13-23)19-26(31-33)22-7-4-3-5-8-22/h3-5,7-8,10-17,19,27-28,31H,6,9,18,20H2,1-2H3/t27-,28-/m1/s1. The number of sulfonamides is 1. The lowest BCUT2D eigenvalue weighted by molar-refractivity contribution is -0.156. The van der Waals surface area contributed by atoms with Crippen molar-refractivity contribution in [2.45, 2.75) is 36.7 Å². The van der Waals surface area contributed by atoms with E-state index in [1.54, 1.807) is 19.2 Å². The van der Waals surface area contributed by atoms with Gasteiger partial charge in [-0.05, 0) is 61.2 Å². The van der Waals surface area contributed by atoms with Crippen molar-refractivity contribution in [3.63, 3.8) is 0 Å². The fourth-order valence-electron chi connectivity index (χ4n) is 4.92. The monoisotopic (exact) mass is 561 g/mol. The van der Waals surface area contributed by atoms with Crippen molar-refractivity contribution in [1.29, 1.82) is 0 Å². The smallest absolute Gasteiger partial charge is 0.324 e. The molecule has 40 heavy (non-hydrogen) atoms. The minimum atomic E-state index is -3.89. The summed E-state index contributed by atoms with van der Waals surface area (Å²) < 4.78 is 38.3. The zero-order valence-electron chi connectivity index (χ0n) is 22.3. The van der Waals surface area contributed by atoms with Crippen LogP contribution in [-0.2, 0) is 24.3 Å². The summed E-state index contributed by atoms with van der Waals surface area (Å²) in [5, 5.41) is 1.42. The largest absolute Gasteiger partial charge is 0.497 e. The zero-order valence-corrected chi connectivity index (χ0v) is 23.1. The summed E-state index contributed by atoms with van der Waals surface area (Å²) in [6.07, 6.45) is 2.79. The number of nitrogens with zero attached hydrogens (tertiary/aromatic N) is 2. The quantitative estimate of drug-likeness (QED) is 0.417. The number of methoxy groups -OCH3 is 1. The number of amides is 1. The predicted molar refractivity (Wildman–Crippen MR) is 149 cm³/mol. The molecule has 5 rings (SSSR count). The number of carbonyl (C=O) groups is 2. The molecule has 0 unspecified atom stereocenters. The number of rotatable bonds is 8. The Morgan fingerprint density at radius 1 is 0.975 bits per heavy atom. The maximum absolute atomic E-state index is 13.4. The van der Waals surface area contributed by atoms with Gasteiger partial charge in [0.05, 0.1) is 23.7 Å². The highest BCUT2D eigenvalue weighted by molar-refractivity contribution is 7.89. The van der Waals surface area contributed by atoms with Crippen molar-refractivity contribution in [3.8, 4) is 5.75 Å². The number of carbonyl (C=O) groups excluding carboxylic acids is 2. The van der Waals surface area contributed by atoms with E-state index in [4.69, 9.17) is 9.47 Å². The second kappa shape index (κ2) is 11.5. The van der Waals surface area contributed by atoms with Gasteiger partial charge in [-0.15, -0.1) is 0 Å². The summed E-state index contributed by atoms with van der Waals surface area (Å²) in [5.74, 6) is -0.518. The normalized spacial score (nSPS) is 19.1. The molecule has 2 aliphatic rings. The van der Waals surface area contributed by atoms with Crippen LogP contribution in [0.1, 0.15) is 35.6 Å². The van der Waals surface area contributed by atoms with Gasteiger partial charge in [0.2, 0.25) is 10.0 Å². The van der Waals surface area contributed by atoms with Gasteiger partial charge in [0, 0.05) is 6.54 Å². The summed E-state index contributed by atoms with van der Waals surface area (Å²) in [6.45, 7) is 1.54. The number of nitrogens with one attached hydrogen (secondary N) is 1. The lowest BCUT2D eigenvalue weighted by Crippen LogP contribution is -2.44. The average Bonchev–Trinajstić information content (AvgIpc) is 3.66. The Balaban J connectivity index is 1.30. The van der Waals surface area contributed by atoms with Crippen molar-refractivity contribution in [2.75, 3.05) is 20.3 Å². The minimum Gasteiger partial charge on any atom is -0.497 e. The molecule has 0 radical (unpaired) electrons. The molecule has 10 heteroatoms. The number of hydrogen-bond donors (Lipinski definition) is 1. The first-order valence-corrected chi connectivity index (χ1v) is 14.5. The van der Waals surface area contributed by atoms with E-state index in [9.17, 15) is 18.0 Å². The highest BCUT2D eigenvalue weighted by atomic mass is 32.2. The lowest BCUT2D eigenvalue weighted by Gasteiger charge is -2.26. The summed E-state index contributed by atoms with van der Waals surface area (Å²) in [4.78, 5) is 26.6. The molecule has 0 aromatic heterocycles. The van der Waals surface area contributed by atoms with Crippen LogP contribution in [0.2, 0.25) is 0 Å². The van der Waals surface area contributed by atoms with Gasteiger partial charge < -0.3 is 9.47 Å². The third-order valence-corrected chi connectivity index (χ3v) is 9.02. The summed E-state index contributed by atoms with van der Waals surface area (Å²) >= 11 is 0. The fourth-order valence-corrected chi connectivity index (χ4v) is 6.57. The Morgan fingerprint density at radius 3 is 2.35 bits per heavy atom. The van der Waals surface area contributed by atoms with Gasteiger partial charge in [-0.3, -0.25) is 15.0 Å². The molecule has 1 fully saturated rings. The minimum absolute atomic E-state index is 0.122. The molecule has 9 nitrogen and oxygen atoms in total. The van der Waals surface area contributed by atoms with Crippen LogP contribution in [0.15, 0.2) is 89.8 Å². The van der Waals surface area contributed by atoms with Gasteiger partial charge >= 0.3 is 5.97 Å². The first kappa shape index (κ1) is 27.4. The van der Waals surface area contributed by atoms with Crippen molar-refractivity contribution >= 4 is 27.6 Å². The molecule has 2 aliphatic heterocycles. The van der Waals surface area contributed by atoms with Gasteiger partial charge in [-0.2, -0.15) is 4.31 Å². The maximum atomic E-state index is 13.4. The summed E-state index contributed by atoms with van der Waals surface area (Å²) in [6, 6.07) is 22.0. The topological polar surface area (TPSA) is 105 Å². The number of aryl methyl sites for hydroxylation is 1. The number of ether oxygens (including phenoxy) is 2. The van der Waals surface area contributed by atoms with Crippen LogP contribution in [0.25, 0.3) is 5.70 Å². The molecular formula is C30H31N3O6S. The summed E-state index contributed by atoms with van der Waals surface area (Å²) in [5.41, 5.74) is 6.57. The van der Waals surface area contributed by atoms with Crippen LogP contribution in [0.4, 0.5) is 0 Å². The molecule has 1 amide bonds. The van der Waals surface area contributed by atoms with Crippen molar-refractivity contribution in [2.24, 2.45) is 0 Å². The van der Waals surface area contributed by atoms with Crippen LogP contribution in [-0.4, -0.2) is 55.9 Å². The third-order valence-electron chi connectivity index (χ3n) is 7.10. The molecule has 0 bridgehead atoms. The van der Waals surface area contributed by atoms with Crippen LogP contribution in [0, 0.1) is 6.92 Å². The molecule has 0 saturated carbocycles. The second-order valence-corrected chi connectivity index (χ2v) is 11.6. The van der Waals surface area contributed by atoms with E-state index in [-0.39, 0.29) is 11.4 Å². The van der Waals surface area contributed by atoms with E-state index in [1.807, 2.05) is 67.6 Å². The van der Waals surface area contributed by atoms with E-state index >= 15 is 0 Å². The van der Waals surface area contributed by atoms with Gasteiger partial charge in [0.25, 0.3) is 5.91 Å². The molecule has 1 N–H and O–H groups in total. The molecular weight excluding hydrogens is 530 g/mol. The van der Waals surface area contributed by atoms with Crippen molar-refractivity contribution in [1.82, 2.24) is 14.7 Å². The zero-order chi connectivity index (χ0) is 28.3. The Hall–Kier alpha value is -4.15. The van der Waals surface area contributed by atoms with Crippen molar-refractivity contribution < 1.29 is 27.5 Å². The van der Waals surface area contributed by atoms with E-state index in [0.29, 0.717) is 18.6 Å². The predicted octanol–water partition coefficient (Wildman–Crippen LogP) is 3.83. The Bertz CT molecular complexity index is 1510. The highest BCUT2D eigenvalue weighted by Gasteiger charge is 2.41. The van der Waals surface area contributed by atoms with Gasteiger partial charge in [-0.25, -0.2) is 13.4 Å². The van der Waals surface area contributed by atoms with E-state index in [2.05, 4.69) is 5.43 Å². The molecule has 3 aromatic carbocycles. The van der Waals surface area contributed by atoms with Gasteiger partial charge in [-0.1, -0.05) is 60.2 Å². The van der Waals surface area contributed by atoms with Crippen molar-refractivity contribution in [3.05, 3.63) is 102 Å². The fraction of sp³-hybridized carbons (Fsp3) is 0.267.